The van der Waals surface area contributed by atoms with Crippen molar-refractivity contribution in [2.75, 3.05) is 13.1 Å². The van der Waals surface area contributed by atoms with Crippen LogP contribution in [0.25, 0.3) is 0 Å². The molecule has 17 heavy (non-hydrogen) atoms. The summed E-state index contributed by atoms with van der Waals surface area (Å²) >= 11 is 1.40. The third kappa shape index (κ3) is 3.07. The summed E-state index contributed by atoms with van der Waals surface area (Å²) in [5.41, 5.74) is 0. The summed E-state index contributed by atoms with van der Waals surface area (Å²) in [6, 6.07) is 3.65. The first-order valence-electron chi connectivity index (χ1n) is 6.10. The number of rotatable bonds is 4. The number of thiophene rings is 1. The zero-order chi connectivity index (χ0) is 12.4. The van der Waals surface area contributed by atoms with Gasteiger partial charge in [-0.25, -0.2) is 4.79 Å². The first-order chi connectivity index (χ1) is 8.06. The number of carboxylic acid groups (broad SMARTS) is 1. The lowest BCUT2D eigenvalue weighted by Crippen LogP contribution is -2.20. The van der Waals surface area contributed by atoms with Gasteiger partial charge in [0.25, 0.3) is 0 Å². The minimum Gasteiger partial charge on any atom is -0.477 e. The van der Waals surface area contributed by atoms with Gasteiger partial charge in [-0.3, -0.25) is 4.90 Å². The quantitative estimate of drug-likeness (QED) is 0.897. The highest BCUT2D eigenvalue weighted by Gasteiger charge is 2.25. The van der Waals surface area contributed by atoms with Gasteiger partial charge in [-0.1, -0.05) is 13.8 Å². The smallest absolute Gasteiger partial charge is 0.345 e. The first-order valence-corrected chi connectivity index (χ1v) is 6.92. The van der Waals surface area contributed by atoms with Crippen molar-refractivity contribution in [2.24, 2.45) is 11.8 Å². The van der Waals surface area contributed by atoms with Crippen molar-refractivity contribution in [3.05, 3.63) is 21.9 Å². The van der Waals surface area contributed by atoms with Crippen LogP contribution < -0.4 is 0 Å². The van der Waals surface area contributed by atoms with Gasteiger partial charge in [-0.05, 0) is 36.9 Å². The Morgan fingerprint density at radius 2 is 2.35 bits per heavy atom. The van der Waals surface area contributed by atoms with Crippen molar-refractivity contribution in [1.29, 1.82) is 0 Å². The summed E-state index contributed by atoms with van der Waals surface area (Å²) in [5, 5.41) is 8.87. The minimum absolute atomic E-state index is 0.444. The van der Waals surface area contributed by atoms with Gasteiger partial charge in [-0.2, -0.15) is 0 Å². The van der Waals surface area contributed by atoms with Gasteiger partial charge in [0.2, 0.25) is 0 Å². The van der Waals surface area contributed by atoms with E-state index in [1.165, 1.54) is 17.8 Å². The van der Waals surface area contributed by atoms with Gasteiger partial charge in [0.1, 0.15) is 4.88 Å². The van der Waals surface area contributed by atoms with E-state index >= 15 is 0 Å². The molecule has 0 spiro atoms. The number of nitrogens with zero attached hydrogens (tertiary/aromatic N) is 1. The first kappa shape index (κ1) is 12.6. The maximum atomic E-state index is 10.8. The maximum absolute atomic E-state index is 10.8. The SMILES string of the molecule is CC(C)C1CCN(Cc2ccc(C(=O)O)s2)C1. The fraction of sp³-hybridized carbons (Fsp3) is 0.615. The fourth-order valence-electron chi connectivity index (χ4n) is 2.35. The van der Waals surface area contributed by atoms with Gasteiger partial charge >= 0.3 is 5.97 Å². The van der Waals surface area contributed by atoms with E-state index in [2.05, 4.69) is 18.7 Å². The topological polar surface area (TPSA) is 40.5 Å². The fourth-order valence-corrected chi connectivity index (χ4v) is 3.24. The van der Waals surface area contributed by atoms with Gasteiger partial charge in [0, 0.05) is 18.0 Å². The van der Waals surface area contributed by atoms with Crippen LogP contribution in [0.1, 0.15) is 34.8 Å². The Hall–Kier alpha value is -0.870. The Morgan fingerprint density at radius 1 is 1.59 bits per heavy atom. The standard InChI is InChI=1S/C13H19NO2S/c1-9(2)10-5-6-14(7-10)8-11-3-4-12(17-11)13(15)16/h3-4,9-10H,5-8H2,1-2H3,(H,15,16). The van der Waals surface area contributed by atoms with E-state index in [1.807, 2.05) is 6.07 Å². The molecule has 4 heteroatoms. The second-order valence-electron chi connectivity index (χ2n) is 5.10. The summed E-state index contributed by atoms with van der Waals surface area (Å²) in [6.07, 6.45) is 1.27. The molecule has 0 radical (unpaired) electrons. The highest BCUT2D eigenvalue weighted by Crippen LogP contribution is 2.26. The Balaban J connectivity index is 1.91. The van der Waals surface area contributed by atoms with Crippen LogP contribution in [0.3, 0.4) is 0 Å². The van der Waals surface area contributed by atoms with Crippen molar-refractivity contribution in [3.8, 4) is 0 Å². The molecule has 1 saturated heterocycles. The third-order valence-corrected chi connectivity index (χ3v) is 4.56. The Labute approximate surface area is 106 Å². The molecule has 94 valence electrons. The summed E-state index contributed by atoms with van der Waals surface area (Å²) in [6.45, 7) is 7.76. The Kier molecular flexibility index (Phi) is 3.84. The minimum atomic E-state index is -0.817. The van der Waals surface area contributed by atoms with E-state index in [0.29, 0.717) is 4.88 Å². The number of carbonyl (C=O) groups is 1. The second kappa shape index (κ2) is 5.19. The number of hydrogen-bond donors (Lipinski definition) is 1. The molecule has 1 aromatic heterocycles. The van der Waals surface area contributed by atoms with E-state index in [0.717, 1.165) is 36.3 Å². The van der Waals surface area contributed by atoms with Crippen LogP contribution in [-0.2, 0) is 6.54 Å². The molecule has 0 aromatic carbocycles. The van der Waals surface area contributed by atoms with Gasteiger partial charge < -0.3 is 5.11 Å². The number of aromatic carboxylic acids is 1. The van der Waals surface area contributed by atoms with E-state index < -0.39 is 5.97 Å². The molecule has 2 rings (SSSR count). The summed E-state index contributed by atoms with van der Waals surface area (Å²) < 4.78 is 0. The van der Waals surface area contributed by atoms with E-state index in [9.17, 15) is 4.79 Å². The summed E-state index contributed by atoms with van der Waals surface area (Å²) in [5.74, 6) is 0.731. The third-order valence-electron chi connectivity index (χ3n) is 3.50. The molecule has 1 unspecified atom stereocenters. The molecule has 0 aliphatic carbocycles. The Morgan fingerprint density at radius 3 is 2.88 bits per heavy atom. The lowest BCUT2D eigenvalue weighted by molar-refractivity contribution is 0.0702. The van der Waals surface area contributed by atoms with E-state index in [-0.39, 0.29) is 0 Å². The summed E-state index contributed by atoms with van der Waals surface area (Å²) in [4.78, 5) is 14.8. The van der Waals surface area contributed by atoms with Crippen molar-refractivity contribution < 1.29 is 9.90 Å². The number of carboxylic acids is 1. The van der Waals surface area contributed by atoms with Gasteiger partial charge in [0.15, 0.2) is 0 Å². The number of hydrogen-bond acceptors (Lipinski definition) is 3. The van der Waals surface area contributed by atoms with Crippen molar-refractivity contribution in [3.63, 3.8) is 0 Å². The molecular weight excluding hydrogens is 234 g/mol. The zero-order valence-electron chi connectivity index (χ0n) is 10.3. The average Bonchev–Trinajstić information content (AvgIpc) is 2.87. The largest absolute Gasteiger partial charge is 0.477 e. The molecule has 1 atom stereocenters. The zero-order valence-corrected chi connectivity index (χ0v) is 11.2. The van der Waals surface area contributed by atoms with E-state index in [1.54, 1.807) is 6.07 Å². The molecule has 1 N–H and O–H groups in total. The Bertz CT molecular complexity index is 400. The molecule has 2 heterocycles. The van der Waals surface area contributed by atoms with Gasteiger partial charge in [-0.15, -0.1) is 11.3 Å². The molecule has 1 aromatic rings. The highest BCUT2D eigenvalue weighted by molar-refractivity contribution is 7.13. The van der Waals surface area contributed by atoms with Crippen LogP contribution in [0.15, 0.2) is 12.1 Å². The lowest BCUT2D eigenvalue weighted by atomic mass is 9.95. The van der Waals surface area contributed by atoms with Crippen LogP contribution in [0.4, 0.5) is 0 Å². The van der Waals surface area contributed by atoms with Crippen molar-refractivity contribution in [1.82, 2.24) is 4.90 Å². The van der Waals surface area contributed by atoms with E-state index in [4.69, 9.17) is 5.11 Å². The highest BCUT2D eigenvalue weighted by atomic mass is 32.1. The normalized spacial score (nSPS) is 21.2. The summed E-state index contributed by atoms with van der Waals surface area (Å²) in [7, 11) is 0. The number of likely N-dealkylation sites (tertiary alicyclic amines) is 1. The molecule has 0 saturated carbocycles. The maximum Gasteiger partial charge on any atom is 0.345 e. The van der Waals surface area contributed by atoms with Crippen molar-refractivity contribution in [2.45, 2.75) is 26.8 Å². The van der Waals surface area contributed by atoms with Crippen LogP contribution in [0.5, 0.6) is 0 Å². The molecule has 1 fully saturated rings. The molecule has 0 amide bonds. The van der Waals surface area contributed by atoms with Crippen LogP contribution in [0.2, 0.25) is 0 Å². The molecule has 1 aliphatic rings. The van der Waals surface area contributed by atoms with Crippen molar-refractivity contribution >= 4 is 17.3 Å². The van der Waals surface area contributed by atoms with Crippen LogP contribution >= 0.6 is 11.3 Å². The molecule has 3 nitrogen and oxygen atoms in total. The molecule has 0 bridgehead atoms. The lowest BCUT2D eigenvalue weighted by Gasteiger charge is -2.16. The predicted octanol–water partition coefficient (Wildman–Crippen LogP) is 2.92. The van der Waals surface area contributed by atoms with Crippen LogP contribution in [-0.4, -0.2) is 29.1 Å². The molecular formula is C13H19NO2S. The second-order valence-corrected chi connectivity index (χ2v) is 6.27. The predicted molar refractivity (Wildman–Crippen MR) is 69.5 cm³/mol. The van der Waals surface area contributed by atoms with Gasteiger partial charge in [0.05, 0.1) is 0 Å². The molecule has 1 aliphatic heterocycles. The average molecular weight is 253 g/mol. The van der Waals surface area contributed by atoms with Crippen LogP contribution in [0, 0.1) is 11.8 Å². The monoisotopic (exact) mass is 253 g/mol.